The van der Waals surface area contributed by atoms with Crippen LogP contribution < -0.4 is 0 Å². The average Bonchev–Trinajstić information content (AvgIpc) is 2.41. The van der Waals surface area contributed by atoms with Crippen LogP contribution in [0.3, 0.4) is 0 Å². The van der Waals surface area contributed by atoms with Crippen LogP contribution in [0, 0.1) is 10.8 Å². The summed E-state index contributed by atoms with van der Waals surface area (Å²) in [5.41, 5.74) is -0.778. The van der Waals surface area contributed by atoms with Gasteiger partial charge in [0.05, 0.1) is 5.41 Å². The topological polar surface area (TPSA) is 43.4 Å². The van der Waals surface area contributed by atoms with Crippen molar-refractivity contribution in [2.24, 2.45) is 10.8 Å². The molecule has 0 saturated carbocycles. The Morgan fingerprint density at radius 1 is 1.05 bits per heavy atom. The molecule has 0 aliphatic carbocycles. The summed E-state index contributed by atoms with van der Waals surface area (Å²) in [5.74, 6) is -0.534. The molecule has 1 heterocycles. The van der Waals surface area contributed by atoms with E-state index in [2.05, 4.69) is 0 Å². The van der Waals surface area contributed by atoms with Gasteiger partial charge in [0, 0.05) is 0 Å². The summed E-state index contributed by atoms with van der Waals surface area (Å²) >= 11 is 0. The molecule has 0 bridgehead atoms. The van der Waals surface area contributed by atoms with E-state index in [1.54, 1.807) is 19.9 Å². The van der Waals surface area contributed by atoms with Gasteiger partial charge in [0.25, 0.3) is 0 Å². The minimum absolute atomic E-state index is 0.0797. The van der Waals surface area contributed by atoms with Gasteiger partial charge < -0.3 is 4.74 Å². The number of ketones is 1. The number of cyclic esters (lactones) is 1. The maximum atomic E-state index is 12.5. The van der Waals surface area contributed by atoms with Gasteiger partial charge in [-0.15, -0.1) is 0 Å². The Bertz CT molecular complexity index is 553. The second-order valence-electron chi connectivity index (χ2n) is 6.27. The normalized spacial score (nSPS) is 24.7. The van der Waals surface area contributed by atoms with Crippen LogP contribution in [0.1, 0.15) is 33.3 Å². The number of rotatable bonds is 2. The molecule has 3 heteroatoms. The van der Waals surface area contributed by atoms with Gasteiger partial charge in [-0.2, -0.15) is 0 Å². The number of Topliss-reactive ketones (excluding diaryl/α,β-unsaturated/α-hetero) is 1. The third-order valence-corrected chi connectivity index (χ3v) is 3.87. The molecule has 0 unspecified atom stereocenters. The zero-order chi connectivity index (χ0) is 15.0. The minimum atomic E-state index is -1.07. The summed E-state index contributed by atoms with van der Waals surface area (Å²) in [6.07, 6.45) is 3.14. The van der Waals surface area contributed by atoms with E-state index in [-0.39, 0.29) is 5.78 Å². The van der Waals surface area contributed by atoms with E-state index in [1.807, 2.05) is 50.3 Å². The van der Waals surface area contributed by atoms with E-state index < -0.39 is 22.9 Å². The van der Waals surface area contributed by atoms with E-state index in [1.165, 1.54) is 0 Å². The second-order valence-corrected chi connectivity index (χ2v) is 6.27. The lowest BCUT2D eigenvalue weighted by atomic mass is 9.68. The number of ether oxygens (including phenoxy) is 1. The van der Waals surface area contributed by atoms with Gasteiger partial charge in [0.15, 0.2) is 5.78 Å². The van der Waals surface area contributed by atoms with Crippen LogP contribution in [0.2, 0.25) is 0 Å². The Morgan fingerprint density at radius 3 is 2.25 bits per heavy atom. The fourth-order valence-electron chi connectivity index (χ4n) is 2.48. The molecule has 2 rings (SSSR count). The second kappa shape index (κ2) is 4.89. The predicted molar refractivity (Wildman–Crippen MR) is 77.9 cm³/mol. The first-order valence-corrected chi connectivity index (χ1v) is 6.75. The molecule has 1 saturated heterocycles. The van der Waals surface area contributed by atoms with Crippen LogP contribution in [0.5, 0.6) is 0 Å². The fraction of sp³-hybridized carbons (Fsp3) is 0.412. The van der Waals surface area contributed by atoms with Crippen LogP contribution in [0.4, 0.5) is 0 Å². The largest absolute Gasteiger partial charge is 0.456 e. The van der Waals surface area contributed by atoms with Crippen molar-refractivity contribution in [1.29, 1.82) is 0 Å². The Hall–Kier alpha value is -1.90. The van der Waals surface area contributed by atoms with Crippen molar-refractivity contribution in [2.45, 2.75) is 33.8 Å². The summed E-state index contributed by atoms with van der Waals surface area (Å²) in [6, 6.07) is 9.73. The van der Waals surface area contributed by atoms with Crippen molar-refractivity contribution in [3.05, 3.63) is 42.0 Å². The summed E-state index contributed by atoms with van der Waals surface area (Å²) in [4.78, 5) is 24.4. The molecular weight excluding hydrogens is 252 g/mol. The zero-order valence-electron chi connectivity index (χ0n) is 12.3. The third kappa shape index (κ3) is 2.40. The zero-order valence-corrected chi connectivity index (χ0v) is 12.3. The van der Waals surface area contributed by atoms with Gasteiger partial charge in [0.1, 0.15) is 11.5 Å². The molecule has 0 amide bonds. The number of benzene rings is 1. The van der Waals surface area contributed by atoms with Crippen molar-refractivity contribution >= 4 is 17.8 Å². The maximum Gasteiger partial charge on any atom is 0.319 e. The lowest BCUT2D eigenvalue weighted by molar-refractivity contribution is -0.181. The molecule has 1 aliphatic heterocycles. The summed E-state index contributed by atoms with van der Waals surface area (Å²) < 4.78 is 5.46. The van der Waals surface area contributed by atoms with Crippen LogP contribution in [0.15, 0.2) is 36.4 Å². The molecule has 1 atom stereocenters. The van der Waals surface area contributed by atoms with E-state index in [9.17, 15) is 9.59 Å². The highest BCUT2D eigenvalue weighted by Gasteiger charge is 2.54. The molecule has 0 N–H and O–H groups in total. The van der Waals surface area contributed by atoms with E-state index >= 15 is 0 Å². The molecule has 1 aromatic rings. The van der Waals surface area contributed by atoms with Crippen molar-refractivity contribution in [3.8, 4) is 0 Å². The summed E-state index contributed by atoms with van der Waals surface area (Å²) in [5, 5.41) is 0. The molecule has 0 spiro atoms. The summed E-state index contributed by atoms with van der Waals surface area (Å²) in [7, 11) is 0. The van der Waals surface area contributed by atoms with Crippen LogP contribution in [-0.2, 0) is 14.3 Å². The molecule has 106 valence electrons. The van der Waals surface area contributed by atoms with E-state index in [4.69, 9.17) is 4.74 Å². The molecular formula is C17H20O3. The lowest BCUT2D eigenvalue weighted by Crippen LogP contribution is -2.55. The smallest absolute Gasteiger partial charge is 0.319 e. The Balaban J connectivity index is 2.27. The maximum absolute atomic E-state index is 12.5. The van der Waals surface area contributed by atoms with E-state index in [0.29, 0.717) is 0 Å². The summed E-state index contributed by atoms with van der Waals surface area (Å²) in [6.45, 7) is 6.89. The number of carbonyl (C=O) groups is 2. The fourth-order valence-corrected chi connectivity index (χ4v) is 2.48. The standard InChI is InChI=1S/C17H20O3/c1-16(2)13(11-10-12-8-6-5-7-9-12)20-15(19)17(3,4)14(16)18/h5-11,13H,1-4H3/b11-10-/t13-/m1/s1. The van der Waals surface area contributed by atoms with E-state index in [0.717, 1.165) is 5.56 Å². The van der Waals surface area contributed by atoms with Crippen molar-refractivity contribution in [1.82, 2.24) is 0 Å². The van der Waals surface area contributed by atoms with Crippen molar-refractivity contribution < 1.29 is 14.3 Å². The number of esters is 1. The molecule has 20 heavy (non-hydrogen) atoms. The third-order valence-electron chi connectivity index (χ3n) is 3.87. The van der Waals surface area contributed by atoms with Crippen molar-refractivity contribution in [2.75, 3.05) is 0 Å². The first kappa shape index (κ1) is 14.5. The van der Waals surface area contributed by atoms with Gasteiger partial charge >= 0.3 is 5.97 Å². The molecule has 3 nitrogen and oxygen atoms in total. The monoisotopic (exact) mass is 272 g/mol. The lowest BCUT2D eigenvalue weighted by Gasteiger charge is -2.41. The van der Waals surface area contributed by atoms with Gasteiger partial charge in [-0.25, -0.2) is 0 Å². The Kier molecular flexibility index (Phi) is 3.55. The molecule has 0 aromatic heterocycles. The predicted octanol–water partition coefficient (Wildman–Crippen LogP) is 3.25. The van der Waals surface area contributed by atoms with Gasteiger partial charge in [-0.1, -0.05) is 36.4 Å². The quantitative estimate of drug-likeness (QED) is 0.613. The molecule has 0 radical (unpaired) electrons. The van der Waals surface area contributed by atoms with Crippen LogP contribution >= 0.6 is 0 Å². The van der Waals surface area contributed by atoms with Gasteiger partial charge in [-0.3, -0.25) is 9.59 Å². The number of hydrogen-bond acceptors (Lipinski definition) is 3. The molecule has 1 fully saturated rings. The first-order chi connectivity index (χ1) is 9.26. The van der Waals surface area contributed by atoms with Gasteiger partial charge in [-0.05, 0) is 39.3 Å². The Labute approximate surface area is 119 Å². The van der Waals surface area contributed by atoms with Crippen LogP contribution in [-0.4, -0.2) is 17.9 Å². The highest BCUT2D eigenvalue weighted by Crippen LogP contribution is 2.40. The first-order valence-electron chi connectivity index (χ1n) is 6.75. The number of hydrogen-bond donors (Lipinski definition) is 0. The minimum Gasteiger partial charge on any atom is -0.456 e. The SMILES string of the molecule is CC1(C)C(=O)O[C@H](/C=C\c2ccccc2)C(C)(C)C1=O. The molecule has 1 aliphatic rings. The highest BCUT2D eigenvalue weighted by molar-refractivity contribution is 6.07. The molecule has 1 aromatic carbocycles. The van der Waals surface area contributed by atoms with Crippen LogP contribution in [0.25, 0.3) is 6.08 Å². The highest BCUT2D eigenvalue weighted by atomic mass is 16.5. The average molecular weight is 272 g/mol. The van der Waals surface area contributed by atoms with Crippen molar-refractivity contribution in [3.63, 3.8) is 0 Å². The number of carbonyl (C=O) groups excluding carboxylic acids is 2. The Morgan fingerprint density at radius 2 is 1.65 bits per heavy atom. The van der Waals surface area contributed by atoms with Gasteiger partial charge in [0.2, 0.25) is 0 Å².